The van der Waals surface area contributed by atoms with Crippen molar-refractivity contribution in [2.75, 3.05) is 0 Å². The number of hydrogen-bond donors (Lipinski definition) is 1. The maximum absolute atomic E-state index is 11.6. The van der Waals surface area contributed by atoms with E-state index < -0.39 is 22.9 Å². The monoisotopic (exact) mass is 472 g/mol. The Morgan fingerprint density at radius 2 is 1.52 bits per heavy atom. The summed E-state index contributed by atoms with van der Waals surface area (Å²) < 4.78 is 3.48. The maximum atomic E-state index is 11.6. The van der Waals surface area contributed by atoms with E-state index in [0.29, 0.717) is 0 Å². The summed E-state index contributed by atoms with van der Waals surface area (Å²) in [7, 11) is 7.46. The van der Waals surface area contributed by atoms with Gasteiger partial charge in [0.1, 0.15) is 0 Å². The standard InChI is InChI=1S/C14H19O.2C4H9.ClH.Sn/c1-3-4-5-9-12-14(2,15)13-10-7-6-8-11-13;2*1-3-4-2;;/h6-11,15H,3-5H2,1-2H3;2*1,3-4H2,2H3;1H;/q;;;;+1/p-1. The quantitative estimate of drug-likeness (QED) is 0.250. The fourth-order valence-electron chi connectivity index (χ4n) is 3.49. The average Bonchev–Trinajstić information content (AvgIpc) is 2.62. The van der Waals surface area contributed by atoms with Gasteiger partial charge in [-0.3, -0.25) is 0 Å². The number of halogens is 1. The molecule has 0 aliphatic heterocycles. The second-order valence-electron chi connectivity index (χ2n) is 7.37. The second kappa shape index (κ2) is 11.7. The van der Waals surface area contributed by atoms with Gasteiger partial charge in [-0.1, -0.05) is 0 Å². The van der Waals surface area contributed by atoms with E-state index in [0.717, 1.165) is 27.3 Å². The molecule has 1 aromatic carbocycles. The molecule has 0 fully saturated rings. The first kappa shape index (κ1) is 23.0. The van der Waals surface area contributed by atoms with Crippen LogP contribution >= 0.6 is 8.92 Å². The van der Waals surface area contributed by atoms with Crippen LogP contribution in [-0.2, 0) is 5.60 Å². The van der Waals surface area contributed by atoms with Gasteiger partial charge in [-0.05, 0) is 0 Å². The van der Waals surface area contributed by atoms with Crippen LogP contribution in [0.2, 0.25) is 8.87 Å². The van der Waals surface area contributed by atoms with E-state index in [1.54, 1.807) is 0 Å². The van der Waals surface area contributed by atoms with E-state index in [4.69, 9.17) is 8.92 Å². The van der Waals surface area contributed by atoms with Gasteiger partial charge in [-0.25, -0.2) is 0 Å². The Bertz CT molecular complexity index is 502. The predicted molar refractivity (Wildman–Crippen MR) is 115 cm³/mol. The van der Waals surface area contributed by atoms with Crippen molar-refractivity contribution in [2.24, 2.45) is 0 Å². The molecule has 0 saturated heterocycles. The summed E-state index contributed by atoms with van der Waals surface area (Å²) in [5, 5.41) is 11.6. The third-order valence-corrected chi connectivity index (χ3v) is 20.3. The fraction of sp³-hybridized carbons (Fsp3) is 0.636. The molecule has 0 amide bonds. The van der Waals surface area contributed by atoms with Gasteiger partial charge in [0.2, 0.25) is 0 Å². The molecule has 1 N–H and O–H groups in total. The van der Waals surface area contributed by atoms with Gasteiger partial charge in [0.25, 0.3) is 0 Å². The van der Waals surface area contributed by atoms with E-state index in [9.17, 15) is 5.11 Å². The Morgan fingerprint density at radius 1 is 1.00 bits per heavy atom. The van der Waals surface area contributed by atoms with Gasteiger partial charge < -0.3 is 0 Å². The van der Waals surface area contributed by atoms with Crippen molar-refractivity contribution in [3.05, 3.63) is 45.6 Å². The summed E-state index contributed by atoms with van der Waals surface area (Å²) in [5.41, 5.74) is 0.0429. The van der Waals surface area contributed by atoms with Crippen molar-refractivity contribution in [2.45, 2.75) is 87.1 Å². The molecule has 1 nitrogen and oxygen atoms in total. The van der Waals surface area contributed by atoms with Crippen LogP contribution in [0.4, 0.5) is 0 Å². The summed E-state index contributed by atoms with van der Waals surface area (Å²) >= 11 is -3.10. The number of aliphatic hydroxyl groups is 1. The molecule has 1 rings (SSSR count). The van der Waals surface area contributed by atoms with E-state index in [2.05, 4.69) is 26.8 Å². The Balaban J connectivity index is 3.30. The zero-order chi connectivity index (χ0) is 18.8. The molecule has 0 radical (unpaired) electrons. The average molecular weight is 472 g/mol. The molecule has 0 spiro atoms. The molecule has 0 aliphatic carbocycles. The number of allylic oxidation sites excluding steroid dienone is 1. The Labute approximate surface area is 163 Å². The summed E-state index contributed by atoms with van der Waals surface area (Å²) in [5.74, 6) is 0. The van der Waals surface area contributed by atoms with Gasteiger partial charge in [0.05, 0.1) is 0 Å². The van der Waals surface area contributed by atoms with Crippen molar-refractivity contribution in [3.8, 4) is 0 Å². The van der Waals surface area contributed by atoms with Crippen molar-refractivity contribution >= 4 is 26.2 Å². The fourth-order valence-corrected chi connectivity index (χ4v) is 18.9. The van der Waals surface area contributed by atoms with Crippen molar-refractivity contribution in [1.82, 2.24) is 0 Å². The Kier molecular flexibility index (Phi) is 10.8. The minimum absolute atomic E-state index is 0.936. The van der Waals surface area contributed by atoms with Crippen LogP contribution in [0.15, 0.2) is 40.0 Å². The van der Waals surface area contributed by atoms with Crippen molar-refractivity contribution in [1.29, 1.82) is 0 Å². The first-order valence-corrected chi connectivity index (χ1v) is 19.2. The number of hydrogen-bond acceptors (Lipinski definition) is 1. The van der Waals surface area contributed by atoms with Gasteiger partial charge in [0.15, 0.2) is 0 Å². The Morgan fingerprint density at radius 3 is 2.00 bits per heavy atom. The van der Waals surface area contributed by atoms with Crippen LogP contribution in [0, 0.1) is 0 Å². The number of unbranched alkanes of at least 4 members (excludes halogenated alkanes) is 4. The summed E-state index contributed by atoms with van der Waals surface area (Å²) in [6.07, 6.45) is 10.4. The first-order chi connectivity index (χ1) is 11.9. The predicted octanol–water partition coefficient (Wildman–Crippen LogP) is 7.33. The van der Waals surface area contributed by atoms with Crippen LogP contribution in [0.3, 0.4) is 0 Å². The van der Waals surface area contributed by atoms with E-state index in [1.165, 1.54) is 35.7 Å². The minimum atomic E-state index is -3.10. The van der Waals surface area contributed by atoms with Crippen LogP contribution in [0.25, 0.3) is 0 Å². The van der Waals surface area contributed by atoms with Crippen LogP contribution in [0.5, 0.6) is 0 Å². The first-order valence-electron chi connectivity index (χ1n) is 10.1. The second-order valence-corrected chi connectivity index (χ2v) is 22.1. The molecule has 0 aliphatic rings. The van der Waals surface area contributed by atoms with E-state index in [-0.39, 0.29) is 0 Å². The molecule has 3 heteroatoms. The van der Waals surface area contributed by atoms with Crippen LogP contribution in [0.1, 0.15) is 78.2 Å². The van der Waals surface area contributed by atoms with Gasteiger partial charge in [-0.15, -0.1) is 0 Å². The molecule has 142 valence electrons. The van der Waals surface area contributed by atoms with Gasteiger partial charge in [0, 0.05) is 0 Å². The van der Waals surface area contributed by atoms with Gasteiger partial charge in [-0.2, -0.15) is 0 Å². The van der Waals surface area contributed by atoms with Gasteiger partial charge >= 0.3 is 164 Å². The molecule has 1 atom stereocenters. The summed E-state index contributed by atoms with van der Waals surface area (Å²) in [6, 6.07) is 10.1. The molecule has 0 heterocycles. The number of benzene rings is 1. The topological polar surface area (TPSA) is 20.2 Å². The van der Waals surface area contributed by atoms with Crippen LogP contribution < -0.4 is 0 Å². The third-order valence-electron chi connectivity index (χ3n) is 5.10. The molecule has 25 heavy (non-hydrogen) atoms. The zero-order valence-electron chi connectivity index (χ0n) is 16.7. The third kappa shape index (κ3) is 6.92. The van der Waals surface area contributed by atoms with Crippen LogP contribution in [-0.4, -0.2) is 22.4 Å². The normalized spacial score (nSPS) is 15.2. The van der Waals surface area contributed by atoms with E-state index >= 15 is 0 Å². The Hall–Kier alpha value is 0.00870. The molecule has 0 saturated carbocycles. The summed E-state index contributed by atoms with van der Waals surface area (Å²) in [6.45, 7) is 8.65. The van der Waals surface area contributed by atoms with E-state index in [1.807, 2.05) is 37.3 Å². The SMILES string of the molecule is CCCC/C=[C](/C(C)(O)c1ccccc1)[Sn]([Cl])([CH2]CCC)[CH2]CCC. The molecule has 0 bridgehead atoms. The van der Waals surface area contributed by atoms with Crippen molar-refractivity contribution in [3.63, 3.8) is 0 Å². The number of rotatable bonds is 12. The molecule has 0 aromatic heterocycles. The molecule has 1 unspecified atom stereocenters. The molecular formula is C22H37ClOSn. The van der Waals surface area contributed by atoms with Crippen molar-refractivity contribution < 1.29 is 5.11 Å². The summed E-state index contributed by atoms with van der Waals surface area (Å²) in [4.78, 5) is 0. The molecule has 1 aromatic rings. The molecular weight excluding hydrogens is 434 g/mol. The zero-order valence-corrected chi connectivity index (χ0v) is 20.3.